The number of rotatable bonds is 8. The molecule has 1 rings (SSSR count). The molecule has 1 aliphatic heterocycles. The highest BCUT2D eigenvalue weighted by Crippen LogP contribution is 2.16. The second-order valence-electron chi connectivity index (χ2n) is 6.52. The highest BCUT2D eigenvalue weighted by Gasteiger charge is 2.35. The summed E-state index contributed by atoms with van der Waals surface area (Å²) in [6.45, 7) is 12.3. The monoisotopic (exact) mass is 283 g/mol. The van der Waals surface area contributed by atoms with E-state index >= 15 is 0 Å². The second kappa shape index (κ2) is 8.63. The van der Waals surface area contributed by atoms with Gasteiger partial charge in [0.1, 0.15) is 0 Å². The summed E-state index contributed by atoms with van der Waals surface area (Å²) in [6, 6.07) is 0.279. The minimum Gasteiger partial charge on any atom is -0.352 e. The van der Waals surface area contributed by atoms with E-state index in [1.165, 1.54) is 25.7 Å². The van der Waals surface area contributed by atoms with Crippen molar-refractivity contribution in [2.75, 3.05) is 26.2 Å². The predicted octanol–water partition coefficient (Wildman–Crippen LogP) is 2.15. The fourth-order valence-corrected chi connectivity index (χ4v) is 2.72. The molecular formula is C16H33N3O. The van der Waals surface area contributed by atoms with Crippen molar-refractivity contribution in [2.24, 2.45) is 0 Å². The van der Waals surface area contributed by atoms with Crippen molar-refractivity contribution in [1.29, 1.82) is 0 Å². The van der Waals surface area contributed by atoms with Gasteiger partial charge >= 0.3 is 0 Å². The van der Waals surface area contributed by atoms with Gasteiger partial charge in [-0.25, -0.2) is 0 Å². The number of carbonyl (C=O) groups is 1. The molecule has 1 fully saturated rings. The minimum absolute atomic E-state index is 0.169. The van der Waals surface area contributed by atoms with Gasteiger partial charge in [0.25, 0.3) is 0 Å². The van der Waals surface area contributed by atoms with Crippen molar-refractivity contribution in [3.8, 4) is 0 Å². The molecule has 2 N–H and O–H groups in total. The van der Waals surface area contributed by atoms with Crippen LogP contribution in [0.15, 0.2) is 0 Å². The molecule has 4 nitrogen and oxygen atoms in total. The molecule has 118 valence electrons. The van der Waals surface area contributed by atoms with E-state index in [1.54, 1.807) is 0 Å². The summed E-state index contributed by atoms with van der Waals surface area (Å²) in [5.41, 5.74) is -0.403. The zero-order valence-corrected chi connectivity index (χ0v) is 13.8. The molecule has 0 aliphatic carbocycles. The van der Waals surface area contributed by atoms with Crippen molar-refractivity contribution >= 4 is 5.91 Å². The number of hydrogen-bond donors (Lipinski definition) is 2. The molecule has 0 aromatic heterocycles. The van der Waals surface area contributed by atoms with Gasteiger partial charge in [-0.2, -0.15) is 0 Å². The van der Waals surface area contributed by atoms with Crippen molar-refractivity contribution in [1.82, 2.24) is 15.5 Å². The van der Waals surface area contributed by atoms with Crippen LogP contribution in [0.5, 0.6) is 0 Å². The van der Waals surface area contributed by atoms with Crippen molar-refractivity contribution < 1.29 is 4.79 Å². The van der Waals surface area contributed by atoms with Gasteiger partial charge in [-0.3, -0.25) is 9.69 Å². The van der Waals surface area contributed by atoms with E-state index in [0.29, 0.717) is 0 Å². The molecule has 0 aromatic rings. The van der Waals surface area contributed by atoms with Gasteiger partial charge in [-0.05, 0) is 27.2 Å². The number of unbranched alkanes of at least 4 members (excludes halogenated alkanes) is 3. The lowest BCUT2D eigenvalue weighted by Gasteiger charge is -2.40. The van der Waals surface area contributed by atoms with E-state index in [9.17, 15) is 4.79 Å². The lowest BCUT2D eigenvalue weighted by atomic mass is 9.99. The molecule has 20 heavy (non-hydrogen) atoms. The van der Waals surface area contributed by atoms with Gasteiger partial charge in [0.15, 0.2) is 0 Å². The fraction of sp³-hybridized carbons (Fsp3) is 0.938. The third-order valence-corrected chi connectivity index (χ3v) is 4.33. The molecule has 1 heterocycles. The van der Waals surface area contributed by atoms with Gasteiger partial charge in [-0.1, -0.05) is 32.6 Å². The van der Waals surface area contributed by atoms with Gasteiger partial charge in [0, 0.05) is 32.2 Å². The maximum absolute atomic E-state index is 12.5. The Morgan fingerprint density at radius 3 is 2.50 bits per heavy atom. The Hall–Kier alpha value is -0.610. The van der Waals surface area contributed by atoms with Gasteiger partial charge in [-0.15, -0.1) is 0 Å². The second-order valence-corrected chi connectivity index (χ2v) is 6.52. The average Bonchev–Trinajstić information content (AvgIpc) is 2.44. The zero-order chi connectivity index (χ0) is 15.0. The summed E-state index contributed by atoms with van der Waals surface area (Å²) in [6.07, 6.45) is 6.13. The summed E-state index contributed by atoms with van der Waals surface area (Å²) in [4.78, 5) is 14.8. The van der Waals surface area contributed by atoms with E-state index in [4.69, 9.17) is 0 Å². The number of carbonyl (C=O) groups excluding carboxylic acids is 1. The highest BCUT2D eigenvalue weighted by molar-refractivity contribution is 5.85. The first-order chi connectivity index (χ1) is 9.48. The lowest BCUT2D eigenvalue weighted by Crippen LogP contribution is -2.60. The Morgan fingerprint density at radius 2 is 1.90 bits per heavy atom. The molecule has 1 saturated heterocycles. The molecule has 0 saturated carbocycles. The highest BCUT2D eigenvalue weighted by atomic mass is 16.2. The van der Waals surface area contributed by atoms with Crippen LogP contribution in [-0.2, 0) is 4.79 Å². The zero-order valence-electron chi connectivity index (χ0n) is 13.8. The Bertz CT molecular complexity index is 285. The fourth-order valence-electron chi connectivity index (χ4n) is 2.72. The SMILES string of the molecule is CCCCCCC(C)NC(=O)C(C)(C)N1CCNCC1. The van der Waals surface area contributed by atoms with Crippen molar-refractivity contribution in [3.05, 3.63) is 0 Å². The Morgan fingerprint density at radius 1 is 1.25 bits per heavy atom. The molecular weight excluding hydrogens is 250 g/mol. The van der Waals surface area contributed by atoms with Gasteiger partial charge < -0.3 is 10.6 Å². The smallest absolute Gasteiger partial charge is 0.240 e. The first kappa shape index (κ1) is 17.4. The number of nitrogens with zero attached hydrogens (tertiary/aromatic N) is 1. The Balaban J connectivity index is 2.35. The minimum atomic E-state index is -0.403. The maximum atomic E-state index is 12.5. The van der Waals surface area contributed by atoms with E-state index in [2.05, 4.69) is 29.4 Å². The molecule has 0 spiro atoms. The Labute approximate surface area is 124 Å². The van der Waals surface area contributed by atoms with Crippen molar-refractivity contribution in [3.63, 3.8) is 0 Å². The van der Waals surface area contributed by atoms with E-state index in [1.807, 2.05) is 13.8 Å². The topological polar surface area (TPSA) is 44.4 Å². The van der Waals surface area contributed by atoms with E-state index in [0.717, 1.165) is 32.6 Å². The number of piperazine rings is 1. The van der Waals surface area contributed by atoms with E-state index < -0.39 is 5.54 Å². The average molecular weight is 283 g/mol. The van der Waals surface area contributed by atoms with Crippen LogP contribution in [0.1, 0.15) is 59.8 Å². The maximum Gasteiger partial charge on any atom is 0.240 e. The molecule has 0 aromatic carbocycles. The van der Waals surface area contributed by atoms with Crippen LogP contribution >= 0.6 is 0 Å². The third kappa shape index (κ3) is 5.41. The molecule has 1 amide bonds. The van der Waals surface area contributed by atoms with Crippen LogP contribution in [-0.4, -0.2) is 48.6 Å². The number of nitrogens with one attached hydrogen (secondary N) is 2. The largest absolute Gasteiger partial charge is 0.352 e. The number of amides is 1. The Kier molecular flexibility index (Phi) is 7.52. The summed E-state index contributed by atoms with van der Waals surface area (Å²) >= 11 is 0. The molecule has 0 bridgehead atoms. The molecule has 4 heteroatoms. The molecule has 1 aliphatic rings. The quantitative estimate of drug-likeness (QED) is 0.671. The van der Waals surface area contributed by atoms with Crippen LogP contribution < -0.4 is 10.6 Å². The molecule has 1 atom stereocenters. The van der Waals surface area contributed by atoms with E-state index in [-0.39, 0.29) is 11.9 Å². The van der Waals surface area contributed by atoms with Gasteiger partial charge in [0.05, 0.1) is 5.54 Å². The summed E-state index contributed by atoms with van der Waals surface area (Å²) in [7, 11) is 0. The third-order valence-electron chi connectivity index (χ3n) is 4.33. The summed E-state index contributed by atoms with van der Waals surface area (Å²) in [5, 5.41) is 6.53. The lowest BCUT2D eigenvalue weighted by molar-refractivity contribution is -0.132. The summed E-state index contributed by atoms with van der Waals surface area (Å²) in [5.74, 6) is 0.169. The molecule has 1 unspecified atom stereocenters. The summed E-state index contributed by atoms with van der Waals surface area (Å²) < 4.78 is 0. The van der Waals surface area contributed by atoms with Crippen LogP contribution in [0.25, 0.3) is 0 Å². The van der Waals surface area contributed by atoms with Crippen LogP contribution in [0.4, 0.5) is 0 Å². The first-order valence-corrected chi connectivity index (χ1v) is 8.25. The van der Waals surface area contributed by atoms with Crippen molar-refractivity contribution in [2.45, 2.75) is 71.4 Å². The van der Waals surface area contributed by atoms with Crippen LogP contribution in [0.3, 0.4) is 0 Å². The predicted molar refractivity (Wildman–Crippen MR) is 84.9 cm³/mol. The number of hydrogen-bond acceptors (Lipinski definition) is 3. The van der Waals surface area contributed by atoms with Crippen LogP contribution in [0.2, 0.25) is 0 Å². The standard InChI is InChI=1S/C16H33N3O/c1-5-6-7-8-9-14(2)18-15(20)16(3,4)19-12-10-17-11-13-19/h14,17H,5-13H2,1-4H3,(H,18,20). The van der Waals surface area contributed by atoms with Crippen LogP contribution in [0, 0.1) is 0 Å². The molecule has 0 radical (unpaired) electrons. The first-order valence-electron chi connectivity index (χ1n) is 8.25. The normalized spacial score (nSPS) is 18.8. The van der Waals surface area contributed by atoms with Gasteiger partial charge in [0.2, 0.25) is 5.91 Å².